The largest absolute Gasteiger partial charge is 0.332 e. The van der Waals surface area contributed by atoms with Gasteiger partial charge in [0.05, 0.1) is 27.8 Å². The Bertz CT molecular complexity index is 737. The molecule has 1 aliphatic heterocycles. The van der Waals surface area contributed by atoms with Crippen LogP contribution < -0.4 is 5.56 Å². The van der Waals surface area contributed by atoms with E-state index in [4.69, 9.17) is 11.6 Å². The lowest BCUT2D eigenvalue weighted by Crippen LogP contribution is -2.39. The highest BCUT2D eigenvalue weighted by Crippen LogP contribution is 2.24. The van der Waals surface area contributed by atoms with Gasteiger partial charge in [-0.05, 0) is 18.6 Å². The van der Waals surface area contributed by atoms with Gasteiger partial charge in [0, 0.05) is 19.2 Å². The highest BCUT2D eigenvalue weighted by Gasteiger charge is 2.25. The Balaban J connectivity index is 1.88. The van der Waals surface area contributed by atoms with Crippen molar-refractivity contribution in [3.63, 3.8) is 0 Å². The number of thiophene rings is 1. The van der Waals surface area contributed by atoms with Gasteiger partial charge in [0.2, 0.25) is 0 Å². The molecule has 3 heterocycles. The van der Waals surface area contributed by atoms with Crippen LogP contribution in [0, 0.1) is 0 Å². The molecule has 0 N–H and O–H groups in total. The Labute approximate surface area is 124 Å². The summed E-state index contributed by atoms with van der Waals surface area (Å²) in [5.74, 6) is -0.0602. The molecule has 20 heavy (non-hydrogen) atoms. The number of halogens is 1. The summed E-state index contributed by atoms with van der Waals surface area (Å²) in [6.45, 7) is 0.905. The second kappa shape index (κ2) is 5.03. The number of nitrogens with zero attached hydrogens (tertiary/aromatic N) is 3. The van der Waals surface area contributed by atoms with Crippen LogP contribution in [0.5, 0.6) is 0 Å². The molecule has 5 nitrogen and oxygen atoms in total. The van der Waals surface area contributed by atoms with Crippen molar-refractivity contribution in [2.75, 3.05) is 6.54 Å². The van der Waals surface area contributed by atoms with E-state index in [0.29, 0.717) is 40.0 Å². The van der Waals surface area contributed by atoms with Gasteiger partial charge in [0.1, 0.15) is 0 Å². The van der Waals surface area contributed by atoms with Crippen molar-refractivity contribution in [2.45, 2.75) is 13.0 Å². The maximum absolute atomic E-state index is 12.3. The molecule has 0 radical (unpaired) electrons. The van der Waals surface area contributed by atoms with Gasteiger partial charge >= 0.3 is 0 Å². The molecule has 0 saturated carbocycles. The summed E-state index contributed by atoms with van der Waals surface area (Å²) in [6.07, 6.45) is 2.04. The quantitative estimate of drug-likeness (QED) is 0.805. The van der Waals surface area contributed by atoms with Crippen molar-refractivity contribution in [1.29, 1.82) is 0 Å². The van der Waals surface area contributed by atoms with Crippen LogP contribution in [-0.2, 0) is 20.0 Å². The summed E-state index contributed by atoms with van der Waals surface area (Å²) in [4.78, 5) is 30.9. The molecule has 0 spiro atoms. The Morgan fingerprint density at radius 3 is 2.95 bits per heavy atom. The number of rotatable bonds is 1. The minimum Gasteiger partial charge on any atom is -0.332 e. The first-order chi connectivity index (χ1) is 9.56. The van der Waals surface area contributed by atoms with Gasteiger partial charge in [-0.3, -0.25) is 9.59 Å². The molecule has 7 heteroatoms. The summed E-state index contributed by atoms with van der Waals surface area (Å²) >= 11 is 7.12. The summed E-state index contributed by atoms with van der Waals surface area (Å²) in [5, 5.41) is 0. The van der Waals surface area contributed by atoms with Crippen LogP contribution in [0.25, 0.3) is 0 Å². The molecule has 0 aliphatic carbocycles. The lowest BCUT2D eigenvalue weighted by atomic mass is 10.1. The highest BCUT2D eigenvalue weighted by molar-refractivity contribution is 7.17. The monoisotopic (exact) mass is 309 g/mol. The predicted molar refractivity (Wildman–Crippen MR) is 77.3 cm³/mol. The van der Waals surface area contributed by atoms with Crippen molar-refractivity contribution in [1.82, 2.24) is 14.5 Å². The summed E-state index contributed by atoms with van der Waals surface area (Å²) in [7, 11) is 1.68. The minimum atomic E-state index is -0.0602. The molecule has 1 aliphatic rings. The second-order valence-electron chi connectivity index (χ2n) is 4.67. The summed E-state index contributed by atoms with van der Waals surface area (Å²) in [6, 6.07) is 3.44. The molecule has 2 aromatic heterocycles. The number of fused-ring (bicyclic) bond motifs is 1. The van der Waals surface area contributed by atoms with E-state index in [0.717, 1.165) is 0 Å². The lowest BCUT2D eigenvalue weighted by molar-refractivity contribution is 0.0736. The number of carbonyl (C=O) groups excluding carboxylic acids is 1. The maximum Gasteiger partial charge on any atom is 0.264 e. The third-order valence-electron chi connectivity index (χ3n) is 3.36. The predicted octanol–water partition coefficient (Wildman–Crippen LogP) is 1.69. The fourth-order valence-corrected chi connectivity index (χ4v) is 3.29. The van der Waals surface area contributed by atoms with Crippen LogP contribution in [-0.4, -0.2) is 26.9 Å². The SMILES string of the molecule is Cn1cnc2c(c1=O)CCN(C(=O)c1ccc(Cl)s1)C2. The topological polar surface area (TPSA) is 55.2 Å². The first-order valence-electron chi connectivity index (χ1n) is 6.14. The van der Waals surface area contributed by atoms with Gasteiger partial charge < -0.3 is 9.47 Å². The molecule has 0 saturated heterocycles. The van der Waals surface area contributed by atoms with E-state index in [1.807, 2.05) is 0 Å². The number of hydrogen-bond acceptors (Lipinski definition) is 4. The average Bonchev–Trinajstić information content (AvgIpc) is 2.88. The van der Waals surface area contributed by atoms with E-state index in [1.165, 1.54) is 22.2 Å². The summed E-state index contributed by atoms with van der Waals surface area (Å²) in [5.41, 5.74) is 1.37. The number of carbonyl (C=O) groups is 1. The van der Waals surface area contributed by atoms with Crippen LogP contribution in [0.15, 0.2) is 23.3 Å². The fraction of sp³-hybridized carbons (Fsp3) is 0.308. The normalized spacial score (nSPS) is 14.2. The van der Waals surface area contributed by atoms with Gasteiger partial charge in [0.15, 0.2) is 0 Å². The molecule has 3 rings (SSSR count). The van der Waals surface area contributed by atoms with E-state index in [-0.39, 0.29) is 11.5 Å². The van der Waals surface area contributed by atoms with E-state index in [1.54, 1.807) is 24.1 Å². The van der Waals surface area contributed by atoms with Gasteiger partial charge in [-0.2, -0.15) is 0 Å². The van der Waals surface area contributed by atoms with E-state index < -0.39 is 0 Å². The van der Waals surface area contributed by atoms with Crippen LogP contribution >= 0.6 is 22.9 Å². The molecule has 104 valence electrons. The van der Waals surface area contributed by atoms with E-state index in [9.17, 15) is 9.59 Å². The van der Waals surface area contributed by atoms with E-state index >= 15 is 0 Å². The van der Waals surface area contributed by atoms with Crippen molar-refractivity contribution in [3.05, 3.63) is 49.3 Å². The van der Waals surface area contributed by atoms with Crippen LogP contribution in [0.3, 0.4) is 0 Å². The van der Waals surface area contributed by atoms with Gasteiger partial charge in [0.25, 0.3) is 11.5 Å². The zero-order valence-corrected chi connectivity index (χ0v) is 12.4. The fourth-order valence-electron chi connectivity index (χ4n) is 2.28. The third-order valence-corrected chi connectivity index (χ3v) is 4.58. The zero-order valence-electron chi connectivity index (χ0n) is 10.8. The first kappa shape index (κ1) is 13.3. The molecule has 0 aromatic carbocycles. The first-order valence-corrected chi connectivity index (χ1v) is 7.33. The van der Waals surface area contributed by atoms with Crippen LogP contribution in [0.4, 0.5) is 0 Å². The van der Waals surface area contributed by atoms with Gasteiger partial charge in [-0.15, -0.1) is 11.3 Å². The smallest absolute Gasteiger partial charge is 0.264 e. The van der Waals surface area contributed by atoms with Crippen molar-refractivity contribution in [3.8, 4) is 0 Å². The maximum atomic E-state index is 12.3. The molecule has 0 unspecified atom stereocenters. The van der Waals surface area contributed by atoms with Crippen molar-refractivity contribution >= 4 is 28.8 Å². The number of amides is 1. The molecule has 0 fully saturated rings. The summed E-state index contributed by atoms with van der Waals surface area (Å²) < 4.78 is 2.06. The standard InChI is InChI=1S/C13H12ClN3O2S/c1-16-7-15-9-6-17(5-4-8(9)12(16)18)13(19)10-2-3-11(14)20-10/h2-3,7H,4-6H2,1H3. The van der Waals surface area contributed by atoms with Gasteiger partial charge in [-0.25, -0.2) is 4.98 Å². The van der Waals surface area contributed by atoms with Crippen molar-refractivity contribution in [2.24, 2.45) is 7.05 Å². The molecular weight excluding hydrogens is 298 g/mol. The molecule has 1 amide bonds. The Kier molecular flexibility index (Phi) is 3.35. The minimum absolute atomic E-state index is 0.0266. The van der Waals surface area contributed by atoms with Gasteiger partial charge in [-0.1, -0.05) is 11.6 Å². The Morgan fingerprint density at radius 2 is 2.25 bits per heavy atom. The van der Waals surface area contributed by atoms with Crippen molar-refractivity contribution < 1.29 is 4.79 Å². The lowest BCUT2D eigenvalue weighted by Gasteiger charge is -2.27. The van der Waals surface area contributed by atoms with E-state index in [2.05, 4.69) is 4.98 Å². The number of hydrogen-bond donors (Lipinski definition) is 0. The molecule has 2 aromatic rings. The molecular formula is C13H12ClN3O2S. The Morgan fingerprint density at radius 1 is 1.45 bits per heavy atom. The number of aryl methyl sites for hydroxylation is 1. The zero-order chi connectivity index (χ0) is 14.3. The highest BCUT2D eigenvalue weighted by atomic mass is 35.5. The average molecular weight is 310 g/mol. The number of aromatic nitrogens is 2. The Hall–Kier alpha value is -1.66. The second-order valence-corrected chi connectivity index (χ2v) is 6.38. The third kappa shape index (κ3) is 2.25. The molecule has 0 atom stereocenters. The van der Waals surface area contributed by atoms with Crippen LogP contribution in [0.1, 0.15) is 20.9 Å². The van der Waals surface area contributed by atoms with Crippen LogP contribution in [0.2, 0.25) is 4.34 Å². The molecule has 0 bridgehead atoms.